The molecule has 2 aliphatic heterocycles. The maximum Gasteiger partial charge on any atom is 0.407 e. The fourth-order valence-corrected chi connectivity index (χ4v) is 15.5. The van der Waals surface area contributed by atoms with Crippen molar-refractivity contribution in [1.29, 1.82) is 0 Å². The summed E-state index contributed by atoms with van der Waals surface area (Å²) < 4.78 is 60.3. The van der Waals surface area contributed by atoms with Gasteiger partial charge >= 0.3 is 30.2 Å². The highest BCUT2D eigenvalue weighted by Gasteiger charge is 2.71. The second-order valence-corrected chi connectivity index (χ2v) is 27.4. The number of aliphatic hydroxyl groups excluding tert-OH is 1. The van der Waals surface area contributed by atoms with E-state index in [2.05, 4.69) is 59.0 Å². The van der Waals surface area contributed by atoms with Crippen LogP contribution in [0.3, 0.4) is 0 Å². The maximum atomic E-state index is 14.6. The third-order valence-corrected chi connectivity index (χ3v) is 20.9. The number of Topliss-reactive ketones (excluding diaryl/α,β-unsaturated/α-hetero) is 1. The Morgan fingerprint density at radius 2 is 1.43 bits per heavy atom. The van der Waals surface area contributed by atoms with Crippen LogP contribution >= 0.6 is 0 Å². The zero-order valence-electron chi connectivity index (χ0n) is 56.2. The molecule has 5 fully saturated rings. The van der Waals surface area contributed by atoms with Crippen molar-refractivity contribution in [2.24, 2.45) is 51.5 Å². The molecule has 524 valence electrons. The van der Waals surface area contributed by atoms with Gasteiger partial charge in [-0.25, -0.2) is 19.2 Å². The smallest absolute Gasteiger partial charge is 0.407 e. The number of alkyl carbamates (subject to hydrolysis) is 3. The molecular weight excluding hydrogens is 1240 g/mol. The second kappa shape index (κ2) is 32.2. The van der Waals surface area contributed by atoms with Gasteiger partial charge in [-0.3, -0.25) is 14.4 Å². The molecule has 18 atom stereocenters. The molecule has 9 rings (SSSR count). The van der Waals surface area contributed by atoms with E-state index in [9.17, 15) is 48.7 Å². The third kappa shape index (κ3) is 16.9. The fourth-order valence-electron chi connectivity index (χ4n) is 15.5. The minimum Gasteiger partial charge on any atom is -0.497 e. The summed E-state index contributed by atoms with van der Waals surface area (Å²) in [5.41, 5.74) is 0.598. The second-order valence-electron chi connectivity index (χ2n) is 27.4. The molecule has 2 aromatic carbocycles. The number of nitrogens with zero attached hydrogens (tertiary/aromatic N) is 1. The zero-order chi connectivity index (χ0) is 69.1. The van der Waals surface area contributed by atoms with Crippen molar-refractivity contribution in [2.75, 3.05) is 40.0 Å². The first-order valence-electron chi connectivity index (χ1n) is 33.5. The van der Waals surface area contributed by atoms with E-state index in [1.165, 1.54) is 49.9 Å². The number of nitroso groups, excluding NO2 is 1. The first-order valence-corrected chi connectivity index (χ1v) is 33.5. The molecular formula is C71H95N5O20. The number of ketones is 1. The maximum absolute atomic E-state index is 14.6. The summed E-state index contributed by atoms with van der Waals surface area (Å²) in [4.78, 5) is 105. The van der Waals surface area contributed by atoms with Gasteiger partial charge in [-0.2, -0.15) is 4.91 Å². The van der Waals surface area contributed by atoms with Crippen molar-refractivity contribution in [2.45, 2.75) is 193 Å². The number of hydrogen-bond donors (Lipinski definition) is 6. The number of benzene rings is 2. The van der Waals surface area contributed by atoms with Gasteiger partial charge < -0.3 is 78.8 Å². The average molecular weight is 1340 g/mol. The SMILES string of the molecule is C=CCOC(=O)NCc1ccc(CNC(=O)OC2C(N=O)COC(OC3C(O)COC(OC4C[C@H]5C6CC=C7CC(OC(=O)NCC8=CCC(CNC(C)=O)C=C8)CCC7(C)C6CCC5(C)[C@@]4(O)[C@H](C)C(=O)CCC(C)C)C3OC(C)=O)C2OC(=O)c2ccc(OC)cc2)cc1. The summed E-state index contributed by atoms with van der Waals surface area (Å²) in [7, 11) is 1.45. The van der Waals surface area contributed by atoms with E-state index in [4.69, 9.17) is 47.4 Å². The van der Waals surface area contributed by atoms with Crippen molar-refractivity contribution >= 4 is 41.9 Å². The van der Waals surface area contributed by atoms with Crippen LogP contribution in [-0.2, 0) is 70.1 Å². The van der Waals surface area contributed by atoms with Crippen molar-refractivity contribution < 1.29 is 91.1 Å². The molecule has 4 amide bonds. The van der Waals surface area contributed by atoms with E-state index in [1.807, 2.05) is 26.0 Å². The van der Waals surface area contributed by atoms with Crippen LogP contribution in [0.4, 0.5) is 14.4 Å². The van der Waals surface area contributed by atoms with Gasteiger partial charge in [-0.1, -0.05) is 107 Å². The molecule has 2 heterocycles. The normalized spacial score (nSPS) is 32.4. The van der Waals surface area contributed by atoms with E-state index >= 15 is 0 Å². The Bertz CT molecular complexity index is 3210. The number of carbonyl (C=O) groups is 7. The minimum atomic E-state index is -1.81. The number of aliphatic hydroxyl groups is 2. The van der Waals surface area contributed by atoms with E-state index in [0.717, 1.165) is 37.3 Å². The van der Waals surface area contributed by atoms with Crippen LogP contribution < -0.4 is 26.0 Å². The summed E-state index contributed by atoms with van der Waals surface area (Å²) in [6.45, 7) is 16.3. The Kier molecular flexibility index (Phi) is 24.4. The molecule has 0 aromatic heterocycles. The minimum absolute atomic E-state index is 0.0154. The lowest BCUT2D eigenvalue weighted by Crippen LogP contribution is -2.64. The first kappa shape index (κ1) is 72.7. The zero-order valence-corrected chi connectivity index (χ0v) is 56.2. The lowest BCUT2D eigenvalue weighted by molar-refractivity contribution is -0.340. The summed E-state index contributed by atoms with van der Waals surface area (Å²) in [5.74, 6) is -2.15. The third-order valence-electron chi connectivity index (χ3n) is 20.9. The monoisotopic (exact) mass is 1340 g/mol. The lowest BCUT2D eigenvalue weighted by Gasteiger charge is -2.59. The van der Waals surface area contributed by atoms with Crippen LogP contribution in [0.5, 0.6) is 5.75 Å². The Morgan fingerprint density at radius 3 is 2.07 bits per heavy atom. The average Bonchev–Trinajstić information content (AvgIpc) is 1.49. The summed E-state index contributed by atoms with van der Waals surface area (Å²) in [5, 5.41) is 40.0. The molecule has 7 aliphatic rings. The number of carbonyl (C=O) groups excluding carboxylic acids is 7. The van der Waals surface area contributed by atoms with Gasteiger partial charge in [-0.05, 0) is 127 Å². The van der Waals surface area contributed by atoms with E-state index in [1.54, 1.807) is 31.2 Å². The number of allylic oxidation sites excluding steroid dienone is 2. The number of amides is 4. The highest BCUT2D eigenvalue weighted by atomic mass is 16.8. The summed E-state index contributed by atoms with van der Waals surface area (Å²) >= 11 is 0. The Labute approximate surface area is 560 Å². The molecule has 2 aromatic rings. The fraction of sp³-hybridized carbons (Fsp3) is 0.620. The van der Waals surface area contributed by atoms with Crippen molar-refractivity contribution in [1.82, 2.24) is 21.3 Å². The van der Waals surface area contributed by atoms with Crippen LogP contribution in [0.2, 0.25) is 0 Å². The molecule has 25 nitrogen and oxygen atoms in total. The van der Waals surface area contributed by atoms with Gasteiger partial charge in [-0.15, -0.1) is 0 Å². The van der Waals surface area contributed by atoms with Gasteiger partial charge in [0, 0.05) is 64.2 Å². The van der Waals surface area contributed by atoms with E-state index in [-0.39, 0.29) is 90.9 Å². The van der Waals surface area contributed by atoms with Gasteiger partial charge in [0.2, 0.25) is 5.91 Å². The number of nitrogens with one attached hydrogen (secondary N) is 4. The molecule has 0 radical (unpaired) electrons. The molecule has 25 heteroatoms. The standard InChI is InChI=1S/C71H95N5O20/c1-10-31-88-66(82)73-35-45-16-18-47(19-17-45)37-75-68(84)96-59-55(76-86)38-89-65(61(59)94-63(81)48-20-23-50(87-9)24-21-48)95-60-57(80)39-90-64(62(60)91-43(6)78)93-58-33-54-52-25-22-49-32-51(92-67(83)74-36-46-14-12-44(13-15-46)34-72-42(5)77)27-29-69(49,7)53(52)28-30-70(54,8)71(58,85)41(4)56(79)26-11-40(2)3/h10,12,14-24,40-41,44,51-55,57-62,64-65,80,85H,1,11,13,25-39H2,2-9H3,(H,72,77)(H,73,82)(H,74,83)(H,75,84)/t41-,44?,51?,52?,53?,54+,55?,57?,58?,59?,60?,61?,62?,64?,65?,69?,70?,71-/m1/s1. The van der Waals surface area contributed by atoms with Crippen LogP contribution in [0.15, 0.2) is 102 Å². The molecule has 2 saturated heterocycles. The molecule has 0 spiro atoms. The van der Waals surface area contributed by atoms with Crippen molar-refractivity contribution in [3.8, 4) is 5.75 Å². The molecule has 15 unspecified atom stereocenters. The van der Waals surface area contributed by atoms with Gasteiger partial charge in [0.25, 0.3) is 0 Å². The van der Waals surface area contributed by atoms with E-state index in [0.29, 0.717) is 56.5 Å². The predicted molar refractivity (Wildman–Crippen MR) is 347 cm³/mol. The number of fused-ring (bicyclic) bond motifs is 5. The highest BCUT2D eigenvalue weighted by Crippen LogP contribution is 2.69. The predicted octanol–water partition coefficient (Wildman–Crippen LogP) is 8.52. The molecule has 3 saturated carbocycles. The van der Waals surface area contributed by atoms with Crippen LogP contribution in [0.25, 0.3) is 0 Å². The summed E-state index contributed by atoms with van der Waals surface area (Å²) in [6.07, 6.45) is 0.327. The quantitative estimate of drug-likeness (QED) is 0.0222. The Morgan fingerprint density at radius 1 is 0.760 bits per heavy atom. The topological polar surface area (TPSA) is 330 Å². The molecule has 6 N–H and O–H groups in total. The van der Waals surface area contributed by atoms with Gasteiger partial charge in [0.05, 0.1) is 32.0 Å². The number of rotatable bonds is 26. The molecule has 0 bridgehead atoms. The lowest BCUT2D eigenvalue weighted by atomic mass is 9.46. The Balaban J connectivity index is 0.935. The summed E-state index contributed by atoms with van der Waals surface area (Å²) in [6, 6.07) is 11.3. The van der Waals surface area contributed by atoms with Crippen LogP contribution in [-0.4, -0.2) is 159 Å². The largest absolute Gasteiger partial charge is 0.497 e. The number of methoxy groups -OCH3 is 1. The number of ether oxygens (including phenoxy) is 10. The van der Waals surface area contributed by atoms with Crippen LogP contribution in [0.1, 0.15) is 134 Å². The van der Waals surface area contributed by atoms with E-state index < -0.39 is 116 Å². The Hall–Kier alpha value is -7.55. The highest BCUT2D eigenvalue weighted by molar-refractivity contribution is 5.89. The van der Waals surface area contributed by atoms with Crippen LogP contribution in [0, 0.1) is 51.2 Å². The van der Waals surface area contributed by atoms with Gasteiger partial charge in [0.1, 0.15) is 42.1 Å². The first-order chi connectivity index (χ1) is 45.9. The van der Waals surface area contributed by atoms with Crippen molar-refractivity contribution in [3.05, 3.63) is 118 Å². The molecule has 96 heavy (non-hydrogen) atoms. The van der Waals surface area contributed by atoms with Gasteiger partial charge in [0.15, 0.2) is 36.9 Å². The number of hydrogen-bond acceptors (Lipinski definition) is 21. The number of esters is 2. The van der Waals surface area contributed by atoms with Crippen molar-refractivity contribution in [3.63, 3.8) is 0 Å². The molecule has 5 aliphatic carbocycles.